The molecule has 0 bridgehead atoms. The third kappa shape index (κ3) is 13.1. The normalized spacial score (nSPS) is 16.6. The van der Waals surface area contributed by atoms with Crippen LogP contribution in [0.5, 0.6) is 0 Å². The number of hydrogen-bond acceptors (Lipinski definition) is 2. The van der Waals surface area contributed by atoms with Crippen LogP contribution in [0.2, 0.25) is 0 Å². The van der Waals surface area contributed by atoms with Gasteiger partial charge in [-0.2, -0.15) is 0 Å². The van der Waals surface area contributed by atoms with Gasteiger partial charge in [0.15, 0.2) is 0 Å². The van der Waals surface area contributed by atoms with Crippen LogP contribution in [0.25, 0.3) is 0 Å². The lowest BCUT2D eigenvalue weighted by Crippen LogP contribution is -2.50. The van der Waals surface area contributed by atoms with E-state index in [2.05, 4.69) is 77.7 Å². The van der Waals surface area contributed by atoms with Crippen LogP contribution >= 0.6 is 0 Å². The second-order valence-corrected chi connectivity index (χ2v) is 10.1. The van der Waals surface area contributed by atoms with Crippen molar-refractivity contribution in [1.29, 1.82) is 0 Å². The van der Waals surface area contributed by atoms with Crippen molar-refractivity contribution in [2.45, 2.75) is 106 Å². The summed E-state index contributed by atoms with van der Waals surface area (Å²) in [6, 6.07) is 0.577. The first kappa shape index (κ1) is 28.4. The number of amides is 1. The van der Waals surface area contributed by atoms with E-state index in [1.54, 1.807) is 0 Å². The van der Waals surface area contributed by atoms with E-state index in [0.29, 0.717) is 18.4 Å². The molecule has 1 fully saturated rings. The molecule has 3 nitrogen and oxygen atoms in total. The smallest absolute Gasteiger partial charge is 0.222 e. The van der Waals surface area contributed by atoms with E-state index in [4.69, 9.17) is 0 Å². The average Bonchev–Trinajstić information content (AvgIpc) is 2.73. The summed E-state index contributed by atoms with van der Waals surface area (Å²) in [5, 5.41) is 0. The minimum absolute atomic E-state index is 0.317. The van der Waals surface area contributed by atoms with Gasteiger partial charge in [0.25, 0.3) is 0 Å². The maximum atomic E-state index is 12.5. The number of carbonyl (C=O) groups excluding carboxylic acids is 1. The number of piperazine rings is 1. The van der Waals surface area contributed by atoms with Crippen molar-refractivity contribution in [3.8, 4) is 0 Å². The zero-order valence-electron chi connectivity index (χ0n) is 22.2. The molecule has 0 spiro atoms. The van der Waals surface area contributed by atoms with Crippen LogP contribution in [0.15, 0.2) is 46.6 Å². The maximum Gasteiger partial charge on any atom is 0.222 e. The van der Waals surface area contributed by atoms with Crippen molar-refractivity contribution < 1.29 is 4.79 Å². The summed E-state index contributed by atoms with van der Waals surface area (Å²) in [6.07, 6.45) is 17.7. The number of carbonyl (C=O) groups is 1. The number of nitrogens with zero attached hydrogens (tertiary/aromatic N) is 2. The number of hydrogen-bond donors (Lipinski definition) is 0. The molecule has 0 N–H and O–H groups in total. The molecule has 0 radical (unpaired) electrons. The Morgan fingerprint density at radius 1 is 0.656 bits per heavy atom. The molecule has 1 aliphatic heterocycles. The Balaban J connectivity index is 2.22. The van der Waals surface area contributed by atoms with E-state index < -0.39 is 0 Å². The minimum Gasteiger partial charge on any atom is -0.340 e. The molecular formula is C29H50N2O. The van der Waals surface area contributed by atoms with Gasteiger partial charge in [0.1, 0.15) is 0 Å². The summed E-state index contributed by atoms with van der Waals surface area (Å²) in [5.41, 5.74) is 5.81. The fourth-order valence-electron chi connectivity index (χ4n) is 4.08. The Kier molecular flexibility index (Phi) is 14.3. The molecule has 0 aliphatic carbocycles. The van der Waals surface area contributed by atoms with Gasteiger partial charge in [-0.25, -0.2) is 0 Å². The van der Waals surface area contributed by atoms with Gasteiger partial charge in [-0.3, -0.25) is 9.69 Å². The van der Waals surface area contributed by atoms with Crippen LogP contribution < -0.4 is 0 Å². The van der Waals surface area contributed by atoms with Gasteiger partial charge < -0.3 is 4.90 Å². The van der Waals surface area contributed by atoms with E-state index >= 15 is 0 Å². The van der Waals surface area contributed by atoms with E-state index in [1.165, 1.54) is 28.7 Å². The number of rotatable bonds is 13. The average molecular weight is 443 g/mol. The second kappa shape index (κ2) is 16.1. The SMILES string of the molecule is CC(C)=CCC/C(C)=C/CCC(C)=CCC/C(C)=C/CCC(=O)N1CCN(C(C)C)CC1. The third-order valence-electron chi connectivity index (χ3n) is 6.40. The zero-order valence-corrected chi connectivity index (χ0v) is 22.2. The third-order valence-corrected chi connectivity index (χ3v) is 6.40. The van der Waals surface area contributed by atoms with Crippen LogP contribution in [-0.4, -0.2) is 47.9 Å². The fraction of sp³-hybridized carbons (Fsp3) is 0.690. The Morgan fingerprint density at radius 3 is 1.47 bits per heavy atom. The molecular weight excluding hydrogens is 392 g/mol. The lowest BCUT2D eigenvalue weighted by atomic mass is 10.0. The van der Waals surface area contributed by atoms with Crippen LogP contribution in [-0.2, 0) is 4.79 Å². The fourth-order valence-corrected chi connectivity index (χ4v) is 4.08. The highest BCUT2D eigenvalue weighted by molar-refractivity contribution is 5.76. The highest BCUT2D eigenvalue weighted by Crippen LogP contribution is 2.14. The van der Waals surface area contributed by atoms with Gasteiger partial charge >= 0.3 is 0 Å². The quantitative estimate of drug-likeness (QED) is 0.276. The Labute approximate surface area is 199 Å². The molecule has 0 unspecified atom stereocenters. The summed E-state index contributed by atoms with van der Waals surface area (Å²) < 4.78 is 0. The van der Waals surface area contributed by atoms with Gasteiger partial charge in [0.05, 0.1) is 0 Å². The van der Waals surface area contributed by atoms with E-state index in [0.717, 1.165) is 64.7 Å². The van der Waals surface area contributed by atoms with Gasteiger partial charge in [-0.05, 0) is 93.4 Å². The van der Waals surface area contributed by atoms with Crippen molar-refractivity contribution in [2.24, 2.45) is 0 Å². The second-order valence-electron chi connectivity index (χ2n) is 10.1. The van der Waals surface area contributed by atoms with Crippen LogP contribution in [0.3, 0.4) is 0 Å². The first-order valence-corrected chi connectivity index (χ1v) is 12.8. The molecule has 0 aromatic rings. The molecule has 0 saturated carbocycles. The molecule has 1 saturated heterocycles. The molecule has 1 rings (SSSR count). The Morgan fingerprint density at radius 2 is 1.06 bits per heavy atom. The lowest BCUT2D eigenvalue weighted by molar-refractivity contribution is -0.133. The van der Waals surface area contributed by atoms with Crippen molar-refractivity contribution in [2.75, 3.05) is 26.2 Å². The topological polar surface area (TPSA) is 23.6 Å². The summed E-state index contributed by atoms with van der Waals surface area (Å²) >= 11 is 0. The summed E-state index contributed by atoms with van der Waals surface area (Å²) in [7, 11) is 0. The van der Waals surface area contributed by atoms with Crippen molar-refractivity contribution in [1.82, 2.24) is 9.80 Å². The molecule has 1 heterocycles. The predicted molar refractivity (Wildman–Crippen MR) is 141 cm³/mol. The summed E-state index contributed by atoms with van der Waals surface area (Å²) in [5.74, 6) is 0.317. The first-order chi connectivity index (χ1) is 15.2. The Hall–Kier alpha value is -1.61. The van der Waals surface area contributed by atoms with E-state index in [-0.39, 0.29) is 0 Å². The first-order valence-electron chi connectivity index (χ1n) is 12.8. The molecule has 0 aromatic heterocycles. The van der Waals surface area contributed by atoms with Crippen molar-refractivity contribution in [3.63, 3.8) is 0 Å². The van der Waals surface area contributed by atoms with Crippen LogP contribution in [0.4, 0.5) is 0 Å². The summed E-state index contributed by atoms with van der Waals surface area (Å²) in [4.78, 5) is 17.0. The van der Waals surface area contributed by atoms with Crippen LogP contribution in [0.1, 0.15) is 99.8 Å². The molecule has 32 heavy (non-hydrogen) atoms. The molecule has 1 amide bonds. The summed E-state index contributed by atoms with van der Waals surface area (Å²) in [6.45, 7) is 19.3. The maximum absolute atomic E-state index is 12.5. The molecule has 3 heteroatoms. The Bertz CT molecular complexity index is 669. The monoisotopic (exact) mass is 442 g/mol. The standard InChI is InChI=1S/C29H50N2O/c1-24(2)12-8-13-26(5)14-9-15-27(6)16-10-17-28(7)18-11-19-29(32)31-22-20-30(21-23-31)25(3)4/h12,14,16,18,25H,8-11,13,15,17,19-23H2,1-7H3/b26-14+,27-16?,28-18+. The molecule has 182 valence electrons. The number of allylic oxidation sites excluding steroid dienone is 8. The van der Waals surface area contributed by atoms with Gasteiger partial charge in [0.2, 0.25) is 5.91 Å². The van der Waals surface area contributed by atoms with Gasteiger partial charge in [-0.1, -0.05) is 46.6 Å². The lowest BCUT2D eigenvalue weighted by Gasteiger charge is -2.37. The van der Waals surface area contributed by atoms with Crippen molar-refractivity contribution >= 4 is 5.91 Å². The predicted octanol–water partition coefficient (Wildman–Crippen LogP) is 7.46. The minimum atomic E-state index is 0.317. The van der Waals surface area contributed by atoms with Crippen molar-refractivity contribution in [3.05, 3.63) is 46.6 Å². The highest BCUT2D eigenvalue weighted by Gasteiger charge is 2.21. The van der Waals surface area contributed by atoms with Crippen LogP contribution in [0, 0.1) is 0 Å². The largest absolute Gasteiger partial charge is 0.340 e. The molecule has 0 aromatic carbocycles. The van der Waals surface area contributed by atoms with E-state index in [1.807, 2.05) is 4.90 Å². The van der Waals surface area contributed by atoms with Gasteiger partial charge in [0, 0.05) is 38.6 Å². The highest BCUT2D eigenvalue weighted by atomic mass is 16.2. The molecule has 1 aliphatic rings. The molecule has 0 atom stereocenters. The zero-order chi connectivity index (χ0) is 23.9. The van der Waals surface area contributed by atoms with Gasteiger partial charge in [-0.15, -0.1) is 0 Å². The van der Waals surface area contributed by atoms with E-state index in [9.17, 15) is 4.79 Å².